The summed E-state index contributed by atoms with van der Waals surface area (Å²) in [5.74, 6) is 1.89. The molecule has 0 aromatic heterocycles. The van der Waals surface area contributed by atoms with Gasteiger partial charge in [-0.25, -0.2) is 0 Å². The summed E-state index contributed by atoms with van der Waals surface area (Å²) in [5.41, 5.74) is 0. The fraction of sp³-hybridized carbons (Fsp3) is 1.00. The second-order valence-electron chi connectivity index (χ2n) is 23.2. The maximum absolute atomic E-state index is 10.3. The number of hydrogen-bond donors (Lipinski definition) is 3. The van der Waals surface area contributed by atoms with Gasteiger partial charge in [-0.2, -0.15) is 0 Å². The molecule has 0 heterocycles. The van der Waals surface area contributed by atoms with Gasteiger partial charge in [0.05, 0.1) is 26.2 Å². The lowest BCUT2D eigenvalue weighted by Crippen LogP contribution is -2.52. The summed E-state index contributed by atoms with van der Waals surface area (Å²) < 4.78 is 1.25. The van der Waals surface area contributed by atoms with Gasteiger partial charge in [0.15, 0.2) is 0 Å². The average molecular weight is 964 g/mol. The van der Waals surface area contributed by atoms with Gasteiger partial charge in [0.2, 0.25) is 0 Å². The van der Waals surface area contributed by atoms with E-state index in [2.05, 4.69) is 27.7 Å². The van der Waals surface area contributed by atoms with Crippen LogP contribution in [0.4, 0.5) is 0 Å². The largest absolute Gasteiger partial charge is 0.396 e. The fourth-order valence-corrected chi connectivity index (χ4v) is 11.8. The normalized spacial score (nSPS) is 14.2. The average Bonchev–Trinajstić information content (AvgIpc) is 3.34. The molecule has 0 fully saturated rings. The van der Waals surface area contributed by atoms with Crippen LogP contribution in [0.15, 0.2) is 0 Å². The van der Waals surface area contributed by atoms with Gasteiger partial charge in [-0.15, -0.1) is 0 Å². The zero-order chi connectivity index (χ0) is 49.5. The Morgan fingerprint density at radius 1 is 0.206 bits per heavy atom. The van der Waals surface area contributed by atoms with Crippen LogP contribution in [-0.2, 0) is 0 Å². The molecule has 0 rings (SSSR count). The Morgan fingerprint density at radius 2 is 0.397 bits per heavy atom. The fourth-order valence-electron chi connectivity index (χ4n) is 11.8. The zero-order valence-electron chi connectivity index (χ0n) is 47.8. The third kappa shape index (κ3) is 46.9. The lowest BCUT2D eigenvalue weighted by atomic mass is 9.90. The van der Waals surface area contributed by atoms with Crippen LogP contribution >= 0.6 is 0 Å². The summed E-state index contributed by atoms with van der Waals surface area (Å²) in [5, 5.41) is 31.0. The molecule has 68 heavy (non-hydrogen) atoms. The van der Waals surface area contributed by atoms with Crippen LogP contribution in [-0.4, -0.2) is 65.8 Å². The highest BCUT2D eigenvalue weighted by atomic mass is 16.3. The first-order chi connectivity index (χ1) is 33.5. The van der Waals surface area contributed by atoms with Gasteiger partial charge in [0, 0.05) is 19.8 Å². The van der Waals surface area contributed by atoms with Crippen molar-refractivity contribution < 1.29 is 19.8 Å². The number of unbranched alkanes of at least 4 members (excludes halogenated alkanes) is 37. The Hall–Kier alpha value is -0.160. The second-order valence-corrected chi connectivity index (χ2v) is 23.2. The van der Waals surface area contributed by atoms with Crippen LogP contribution in [0.1, 0.15) is 349 Å². The SMILES string of the molecule is CCCCCCCCCCCCCC(CCO)CC[N+](CCCCCCCCCC)(CCC(CCO)CCCCCCCCCCCCC)CCC(CCO)CCCCCCCCCCCCC. The van der Waals surface area contributed by atoms with Gasteiger partial charge >= 0.3 is 0 Å². The maximum Gasteiger partial charge on any atom is 0.0789 e. The van der Waals surface area contributed by atoms with Crippen molar-refractivity contribution in [3.05, 3.63) is 0 Å². The second kappa shape index (κ2) is 56.1. The predicted octanol–water partition coefficient (Wildman–Crippen LogP) is 20.2. The zero-order valence-corrected chi connectivity index (χ0v) is 47.8. The van der Waals surface area contributed by atoms with Crippen molar-refractivity contribution in [3.63, 3.8) is 0 Å². The van der Waals surface area contributed by atoms with E-state index in [-0.39, 0.29) is 0 Å². The van der Waals surface area contributed by atoms with Crippen LogP contribution in [0.25, 0.3) is 0 Å². The summed E-state index contributed by atoms with van der Waals surface area (Å²) in [4.78, 5) is 0. The molecule has 3 N–H and O–H groups in total. The van der Waals surface area contributed by atoms with Crippen molar-refractivity contribution in [2.24, 2.45) is 17.8 Å². The van der Waals surface area contributed by atoms with E-state index in [0.717, 1.165) is 19.3 Å². The van der Waals surface area contributed by atoms with Crippen LogP contribution in [0.5, 0.6) is 0 Å². The third-order valence-corrected chi connectivity index (χ3v) is 16.8. The van der Waals surface area contributed by atoms with E-state index in [0.29, 0.717) is 37.6 Å². The molecule has 0 aromatic rings. The van der Waals surface area contributed by atoms with Gasteiger partial charge in [0.1, 0.15) is 0 Å². The van der Waals surface area contributed by atoms with E-state index in [1.54, 1.807) is 0 Å². The van der Waals surface area contributed by atoms with Crippen molar-refractivity contribution in [2.45, 2.75) is 349 Å². The topological polar surface area (TPSA) is 60.7 Å². The summed E-state index contributed by atoms with van der Waals surface area (Å²) in [7, 11) is 0. The maximum atomic E-state index is 10.3. The first-order valence-corrected chi connectivity index (χ1v) is 32.2. The molecule has 410 valence electrons. The molecule has 4 heteroatoms. The summed E-state index contributed by atoms with van der Waals surface area (Å²) >= 11 is 0. The summed E-state index contributed by atoms with van der Waals surface area (Å²) in [6.07, 6.45) is 67.5. The van der Waals surface area contributed by atoms with Crippen LogP contribution in [0, 0.1) is 17.8 Å². The number of nitrogens with zero attached hydrogens (tertiary/aromatic N) is 1. The number of quaternary nitrogens is 1. The lowest BCUT2D eigenvalue weighted by molar-refractivity contribution is -0.930. The van der Waals surface area contributed by atoms with E-state index < -0.39 is 0 Å². The molecule has 0 radical (unpaired) electrons. The van der Waals surface area contributed by atoms with E-state index >= 15 is 0 Å². The number of aliphatic hydroxyl groups excluding tert-OH is 3. The molecule has 0 aromatic carbocycles. The van der Waals surface area contributed by atoms with Gasteiger partial charge < -0.3 is 19.8 Å². The molecule has 0 aliphatic heterocycles. The molecule has 0 saturated carbocycles. The van der Waals surface area contributed by atoms with Crippen LogP contribution < -0.4 is 0 Å². The minimum absolute atomic E-state index is 0.329. The van der Waals surface area contributed by atoms with Crippen molar-refractivity contribution in [2.75, 3.05) is 46.0 Å². The standard InChI is InChI=1S/C64H132NO3/c1-5-9-13-17-21-25-28-31-34-38-42-46-62(52-59-66)49-56-65(55-45-41-37-24-20-16-12-8-4,57-50-63(53-60-67)47-43-39-35-32-29-26-22-18-14-10-6-2)58-51-64(54-61-68)48-44-40-36-33-30-27-23-19-15-11-7-3/h62-64,66-68H,5-61H2,1-4H3/q+1. The van der Waals surface area contributed by atoms with Gasteiger partial charge in [-0.05, 0) is 69.1 Å². The first-order valence-electron chi connectivity index (χ1n) is 32.2. The van der Waals surface area contributed by atoms with Crippen molar-refractivity contribution >= 4 is 0 Å². The minimum Gasteiger partial charge on any atom is -0.396 e. The molecule has 0 amide bonds. The minimum atomic E-state index is 0.329. The van der Waals surface area contributed by atoms with Crippen molar-refractivity contribution in [1.29, 1.82) is 0 Å². The highest BCUT2D eigenvalue weighted by Crippen LogP contribution is 2.29. The Bertz CT molecular complexity index is 814. The molecular weight excluding hydrogens is 831 g/mol. The third-order valence-electron chi connectivity index (χ3n) is 16.8. The number of aliphatic hydroxyl groups is 3. The molecule has 0 aliphatic rings. The summed E-state index contributed by atoms with van der Waals surface area (Å²) in [6.45, 7) is 15.3. The van der Waals surface area contributed by atoms with Crippen molar-refractivity contribution in [1.82, 2.24) is 0 Å². The summed E-state index contributed by atoms with van der Waals surface area (Å²) in [6, 6.07) is 0. The predicted molar refractivity (Wildman–Crippen MR) is 305 cm³/mol. The van der Waals surface area contributed by atoms with E-state index in [1.807, 2.05) is 0 Å². The Labute approximate surface area is 430 Å². The van der Waals surface area contributed by atoms with Gasteiger partial charge in [0.25, 0.3) is 0 Å². The molecule has 0 bridgehead atoms. The highest BCUT2D eigenvalue weighted by molar-refractivity contribution is 4.67. The molecule has 0 aliphatic carbocycles. The molecule has 0 saturated heterocycles. The van der Waals surface area contributed by atoms with Crippen LogP contribution in [0.2, 0.25) is 0 Å². The van der Waals surface area contributed by atoms with E-state index in [9.17, 15) is 15.3 Å². The van der Waals surface area contributed by atoms with Crippen molar-refractivity contribution in [3.8, 4) is 0 Å². The molecule has 3 atom stereocenters. The molecule has 3 unspecified atom stereocenters. The quantitative estimate of drug-likeness (QED) is 0.0420. The number of rotatable bonds is 60. The van der Waals surface area contributed by atoms with Gasteiger partial charge in [-0.1, -0.05) is 297 Å². The van der Waals surface area contributed by atoms with Gasteiger partial charge in [-0.3, -0.25) is 0 Å². The first kappa shape index (κ1) is 67.8. The molecule has 4 nitrogen and oxygen atoms in total. The number of hydrogen-bond acceptors (Lipinski definition) is 3. The molecular formula is C64H132NO3+. The van der Waals surface area contributed by atoms with E-state index in [1.165, 1.54) is 332 Å². The molecule has 0 spiro atoms. The Balaban J connectivity index is 5.82. The smallest absolute Gasteiger partial charge is 0.0789 e. The Morgan fingerprint density at radius 3 is 0.603 bits per heavy atom. The van der Waals surface area contributed by atoms with E-state index in [4.69, 9.17) is 0 Å². The highest BCUT2D eigenvalue weighted by Gasteiger charge is 2.30. The Kier molecular flexibility index (Phi) is 56.0. The lowest BCUT2D eigenvalue weighted by Gasteiger charge is -2.42. The monoisotopic (exact) mass is 963 g/mol. The van der Waals surface area contributed by atoms with Crippen LogP contribution in [0.3, 0.4) is 0 Å².